The van der Waals surface area contributed by atoms with Gasteiger partial charge in [-0.05, 0) is 11.1 Å². The number of hydrogen-bond donors (Lipinski definition) is 0. The molecule has 2 heterocycles. The van der Waals surface area contributed by atoms with Gasteiger partial charge >= 0.3 is 0 Å². The summed E-state index contributed by atoms with van der Waals surface area (Å²) in [5.41, 5.74) is 2.27. The predicted octanol–water partition coefficient (Wildman–Crippen LogP) is 5.24. The van der Waals surface area contributed by atoms with Crippen LogP contribution in [0.4, 0.5) is 0 Å². The molecule has 0 saturated heterocycles. The molecular weight excluding hydrogens is 472 g/mol. The molecule has 0 fully saturated rings. The number of halogens is 2. The van der Waals surface area contributed by atoms with E-state index in [0.717, 1.165) is 21.8 Å². The Balaban J connectivity index is 1.46. The predicted molar refractivity (Wildman–Crippen MR) is 115 cm³/mol. The van der Waals surface area contributed by atoms with Crippen molar-refractivity contribution in [1.82, 2.24) is 0 Å². The normalized spacial score (nSPS) is 26.9. The Morgan fingerprint density at radius 3 is 1.44 bits per heavy atom. The lowest BCUT2D eigenvalue weighted by Crippen LogP contribution is -2.16. The highest BCUT2D eigenvalue weighted by Gasteiger charge is 2.36. The number of hydrogen-bond acceptors (Lipinski definition) is 4. The van der Waals surface area contributed by atoms with E-state index in [1.165, 1.54) is 0 Å². The van der Waals surface area contributed by atoms with E-state index in [4.69, 9.17) is 19.5 Å². The van der Waals surface area contributed by atoms with Crippen molar-refractivity contribution < 1.29 is 9.47 Å². The molecule has 2 aromatic rings. The summed E-state index contributed by atoms with van der Waals surface area (Å²) in [5.74, 6) is 1.38. The average molecular weight is 492 g/mol. The van der Waals surface area contributed by atoms with Gasteiger partial charge in [-0.25, -0.2) is 9.98 Å². The van der Waals surface area contributed by atoms with Gasteiger partial charge in [0.15, 0.2) is 11.8 Å². The lowest BCUT2D eigenvalue weighted by Gasteiger charge is -2.17. The molecule has 27 heavy (non-hydrogen) atoms. The van der Waals surface area contributed by atoms with Gasteiger partial charge in [-0.15, -0.1) is 0 Å². The first-order valence-electron chi connectivity index (χ1n) is 8.97. The van der Waals surface area contributed by atoms with Crippen LogP contribution < -0.4 is 0 Å². The molecule has 0 saturated carbocycles. The van der Waals surface area contributed by atoms with Crippen molar-refractivity contribution >= 4 is 43.7 Å². The number of alkyl halides is 2. The molecule has 4 rings (SSSR count). The first-order chi connectivity index (χ1) is 13.3. The molecule has 0 radical (unpaired) electrons. The zero-order chi connectivity index (χ0) is 18.6. The summed E-state index contributed by atoms with van der Waals surface area (Å²) in [6, 6.07) is 20.5. The first kappa shape index (κ1) is 18.7. The minimum absolute atomic E-state index is 0.0568. The molecule has 4 atom stereocenters. The van der Waals surface area contributed by atoms with Crippen molar-refractivity contribution in [3.8, 4) is 0 Å². The SMILES string of the molecule is BrC[C@@H]1N=C(CC2=N[C@@H](CBr)[C@H](c3ccccc3)O2)O[C@H]1c1ccccc1. The van der Waals surface area contributed by atoms with Gasteiger partial charge in [-0.3, -0.25) is 0 Å². The fourth-order valence-electron chi connectivity index (χ4n) is 3.42. The summed E-state index contributed by atoms with van der Waals surface area (Å²) < 4.78 is 12.3. The highest BCUT2D eigenvalue weighted by Crippen LogP contribution is 2.34. The molecule has 0 aliphatic carbocycles. The third-order valence-electron chi connectivity index (χ3n) is 4.72. The monoisotopic (exact) mass is 490 g/mol. The van der Waals surface area contributed by atoms with Gasteiger partial charge in [-0.1, -0.05) is 92.5 Å². The number of rotatable bonds is 6. The molecule has 0 aromatic heterocycles. The largest absolute Gasteiger partial charge is 0.470 e. The molecule has 6 heteroatoms. The Hall–Kier alpha value is -1.66. The van der Waals surface area contributed by atoms with Crippen LogP contribution in [0, 0.1) is 0 Å². The second kappa shape index (κ2) is 8.57. The molecule has 2 aromatic carbocycles. The van der Waals surface area contributed by atoms with Crippen LogP contribution in [-0.2, 0) is 9.47 Å². The van der Waals surface area contributed by atoms with Crippen LogP contribution in [0.5, 0.6) is 0 Å². The fraction of sp³-hybridized carbons (Fsp3) is 0.333. The first-order valence-corrected chi connectivity index (χ1v) is 11.2. The maximum atomic E-state index is 6.17. The molecule has 140 valence electrons. The fourth-order valence-corrected chi connectivity index (χ4v) is 4.39. The highest BCUT2D eigenvalue weighted by molar-refractivity contribution is 9.09. The summed E-state index contributed by atoms with van der Waals surface area (Å²) in [7, 11) is 0. The van der Waals surface area contributed by atoms with Gasteiger partial charge in [0.1, 0.15) is 24.3 Å². The Morgan fingerprint density at radius 2 is 1.07 bits per heavy atom. The molecular formula is C21H20Br2N2O2. The minimum atomic E-state index is -0.0699. The van der Waals surface area contributed by atoms with E-state index in [1.807, 2.05) is 36.4 Å². The van der Waals surface area contributed by atoms with E-state index in [1.54, 1.807) is 0 Å². The molecule has 0 spiro atoms. The number of benzene rings is 2. The summed E-state index contributed by atoms with van der Waals surface area (Å²) >= 11 is 7.12. The third-order valence-corrected chi connectivity index (χ3v) is 6.05. The number of aliphatic imine (C=N–C) groups is 2. The van der Waals surface area contributed by atoms with Crippen LogP contribution in [0.1, 0.15) is 29.8 Å². The van der Waals surface area contributed by atoms with Crippen molar-refractivity contribution in [3.05, 3.63) is 71.8 Å². The second-order valence-corrected chi connectivity index (χ2v) is 7.86. The smallest absolute Gasteiger partial charge is 0.193 e. The van der Waals surface area contributed by atoms with Gasteiger partial charge in [0.2, 0.25) is 0 Å². The maximum Gasteiger partial charge on any atom is 0.193 e. The summed E-state index contributed by atoms with van der Waals surface area (Å²) in [6.07, 6.45) is 0.346. The molecule has 0 amide bonds. The van der Waals surface area contributed by atoms with Crippen molar-refractivity contribution in [2.75, 3.05) is 10.7 Å². The zero-order valence-electron chi connectivity index (χ0n) is 14.7. The van der Waals surface area contributed by atoms with Crippen molar-refractivity contribution in [2.24, 2.45) is 9.98 Å². The standard InChI is InChI=1S/C21H20Br2N2O2/c22-12-16-20(14-7-3-1-4-8-14)26-18(24-16)11-19-25-17(13-23)21(27-19)15-9-5-2-6-10-15/h1-10,16-17,20-21H,11-13H2/t16-,17-,20-,21-/m0/s1. The van der Waals surface area contributed by atoms with Crippen molar-refractivity contribution in [2.45, 2.75) is 30.7 Å². The van der Waals surface area contributed by atoms with Crippen molar-refractivity contribution in [1.29, 1.82) is 0 Å². The van der Waals surface area contributed by atoms with Gasteiger partial charge in [0, 0.05) is 10.7 Å². The van der Waals surface area contributed by atoms with E-state index in [-0.39, 0.29) is 24.3 Å². The van der Waals surface area contributed by atoms with Crippen LogP contribution in [0.15, 0.2) is 70.6 Å². The Labute approximate surface area is 176 Å². The van der Waals surface area contributed by atoms with Crippen LogP contribution in [-0.4, -0.2) is 34.5 Å². The van der Waals surface area contributed by atoms with E-state index in [2.05, 4.69) is 56.1 Å². The second-order valence-electron chi connectivity index (χ2n) is 6.56. The Morgan fingerprint density at radius 1 is 0.667 bits per heavy atom. The summed E-state index contributed by atoms with van der Waals surface area (Å²) in [4.78, 5) is 9.50. The number of ether oxygens (including phenoxy) is 2. The van der Waals surface area contributed by atoms with Crippen LogP contribution in [0.2, 0.25) is 0 Å². The van der Waals surface area contributed by atoms with E-state index < -0.39 is 0 Å². The summed E-state index contributed by atoms with van der Waals surface area (Å²) in [5, 5.41) is 1.50. The van der Waals surface area contributed by atoms with E-state index in [9.17, 15) is 0 Å². The van der Waals surface area contributed by atoms with Gasteiger partial charge in [-0.2, -0.15) is 0 Å². The molecule has 2 aliphatic rings. The highest BCUT2D eigenvalue weighted by atomic mass is 79.9. The van der Waals surface area contributed by atoms with Crippen LogP contribution >= 0.6 is 31.9 Å². The van der Waals surface area contributed by atoms with E-state index >= 15 is 0 Å². The molecule has 0 N–H and O–H groups in total. The molecule has 0 unspecified atom stereocenters. The topological polar surface area (TPSA) is 43.2 Å². The van der Waals surface area contributed by atoms with Crippen molar-refractivity contribution in [3.63, 3.8) is 0 Å². The average Bonchev–Trinajstić information content (AvgIpc) is 3.33. The minimum Gasteiger partial charge on any atom is -0.470 e. The van der Waals surface area contributed by atoms with Crippen LogP contribution in [0.3, 0.4) is 0 Å². The molecule has 0 bridgehead atoms. The van der Waals surface area contributed by atoms with Gasteiger partial charge in [0.05, 0.1) is 6.42 Å². The van der Waals surface area contributed by atoms with Gasteiger partial charge < -0.3 is 9.47 Å². The van der Waals surface area contributed by atoms with E-state index in [0.29, 0.717) is 18.2 Å². The Kier molecular flexibility index (Phi) is 5.93. The quantitative estimate of drug-likeness (QED) is 0.518. The summed E-state index contributed by atoms with van der Waals surface area (Å²) in [6.45, 7) is 0. The Bertz CT molecular complexity index is 757. The van der Waals surface area contributed by atoms with Gasteiger partial charge in [0.25, 0.3) is 0 Å². The molecule has 2 aliphatic heterocycles. The third kappa shape index (κ3) is 4.11. The van der Waals surface area contributed by atoms with Crippen LogP contribution in [0.25, 0.3) is 0 Å². The lowest BCUT2D eigenvalue weighted by molar-refractivity contribution is 0.189. The zero-order valence-corrected chi connectivity index (χ0v) is 17.8. The number of nitrogens with zero attached hydrogens (tertiary/aromatic N) is 2. The lowest BCUT2D eigenvalue weighted by atomic mass is 10.0. The molecule has 4 nitrogen and oxygen atoms in total. The maximum absolute atomic E-state index is 6.17.